The highest BCUT2D eigenvalue weighted by molar-refractivity contribution is 7.92. The minimum absolute atomic E-state index is 0.166. The maximum Gasteiger partial charge on any atom is 0.261 e. The smallest absolute Gasteiger partial charge is 0.261 e. The first-order valence-corrected chi connectivity index (χ1v) is 9.81. The summed E-state index contributed by atoms with van der Waals surface area (Å²) >= 11 is 0. The number of likely N-dealkylation sites (tertiary alicyclic amines) is 1. The first kappa shape index (κ1) is 17.7. The first-order valence-electron chi connectivity index (χ1n) is 8.33. The average molecular weight is 361 g/mol. The minimum atomic E-state index is -3.61. The predicted octanol–water partition coefficient (Wildman–Crippen LogP) is 2.66. The molecule has 1 aliphatic rings. The molecule has 2 heterocycles. The molecule has 0 aliphatic carbocycles. The molecule has 0 amide bonds. The summed E-state index contributed by atoms with van der Waals surface area (Å²) in [5.74, 6) is 0.521. The maximum atomic E-state index is 12.4. The molecular weight excluding hydrogens is 338 g/mol. The maximum absolute atomic E-state index is 12.4. The molecule has 2 aromatic rings. The van der Waals surface area contributed by atoms with Gasteiger partial charge in [-0.1, -0.05) is 17.7 Å². The number of hydrogen-bond donors (Lipinski definition) is 1. The van der Waals surface area contributed by atoms with E-state index in [0.29, 0.717) is 11.6 Å². The van der Waals surface area contributed by atoms with Crippen LogP contribution in [-0.4, -0.2) is 44.5 Å². The number of ether oxygens (including phenoxy) is 1. The number of nitrogens with zero attached hydrogens (tertiary/aromatic N) is 2. The lowest BCUT2D eigenvalue weighted by molar-refractivity contribution is 0.110. The van der Waals surface area contributed by atoms with Gasteiger partial charge in [0.2, 0.25) is 5.88 Å². The number of anilines is 1. The third kappa shape index (κ3) is 4.70. The summed E-state index contributed by atoms with van der Waals surface area (Å²) in [6, 6.07) is 10.1. The molecule has 1 N–H and O–H groups in total. The molecule has 0 unspecified atom stereocenters. The van der Waals surface area contributed by atoms with Gasteiger partial charge in [0, 0.05) is 19.2 Å². The molecule has 1 aliphatic heterocycles. The summed E-state index contributed by atoms with van der Waals surface area (Å²) in [5, 5.41) is 0. The van der Waals surface area contributed by atoms with Crippen molar-refractivity contribution in [2.24, 2.45) is 0 Å². The van der Waals surface area contributed by atoms with Crippen molar-refractivity contribution in [2.45, 2.75) is 30.8 Å². The van der Waals surface area contributed by atoms with E-state index in [0.717, 1.165) is 31.5 Å². The largest absolute Gasteiger partial charge is 0.474 e. The molecule has 0 atom stereocenters. The molecule has 7 heteroatoms. The van der Waals surface area contributed by atoms with Crippen LogP contribution < -0.4 is 9.46 Å². The first-order chi connectivity index (χ1) is 11.9. The highest BCUT2D eigenvalue weighted by Gasteiger charge is 2.19. The highest BCUT2D eigenvalue weighted by atomic mass is 32.2. The molecule has 1 saturated heterocycles. The molecule has 0 spiro atoms. The van der Waals surface area contributed by atoms with Gasteiger partial charge in [0.1, 0.15) is 6.10 Å². The van der Waals surface area contributed by atoms with E-state index in [1.165, 1.54) is 6.20 Å². The molecule has 1 aromatic heterocycles. The van der Waals surface area contributed by atoms with E-state index < -0.39 is 10.0 Å². The van der Waals surface area contributed by atoms with Crippen molar-refractivity contribution in [1.82, 2.24) is 9.88 Å². The molecule has 3 rings (SSSR count). The molecule has 0 bridgehead atoms. The van der Waals surface area contributed by atoms with Crippen molar-refractivity contribution in [3.8, 4) is 5.88 Å². The minimum Gasteiger partial charge on any atom is -0.474 e. The summed E-state index contributed by atoms with van der Waals surface area (Å²) in [7, 11) is -1.51. The van der Waals surface area contributed by atoms with Crippen LogP contribution in [0.2, 0.25) is 0 Å². The van der Waals surface area contributed by atoms with Crippen molar-refractivity contribution in [2.75, 3.05) is 24.9 Å². The second kappa shape index (κ2) is 7.41. The van der Waals surface area contributed by atoms with Gasteiger partial charge in [-0.3, -0.25) is 4.72 Å². The van der Waals surface area contributed by atoms with Crippen LogP contribution in [0.15, 0.2) is 47.5 Å². The Morgan fingerprint density at radius 2 is 1.80 bits per heavy atom. The third-order valence-corrected chi connectivity index (χ3v) is 5.67. The predicted molar refractivity (Wildman–Crippen MR) is 97.4 cm³/mol. The fraction of sp³-hybridized carbons (Fsp3) is 0.389. The Balaban J connectivity index is 1.63. The fourth-order valence-electron chi connectivity index (χ4n) is 2.72. The molecule has 25 heavy (non-hydrogen) atoms. The molecule has 1 aromatic carbocycles. The quantitative estimate of drug-likeness (QED) is 0.886. The van der Waals surface area contributed by atoms with Crippen LogP contribution in [0.5, 0.6) is 5.88 Å². The second-order valence-corrected chi connectivity index (χ2v) is 8.11. The summed E-state index contributed by atoms with van der Waals surface area (Å²) in [4.78, 5) is 6.72. The van der Waals surface area contributed by atoms with E-state index in [4.69, 9.17) is 4.74 Å². The van der Waals surface area contributed by atoms with E-state index in [-0.39, 0.29) is 11.0 Å². The number of hydrogen-bond acceptors (Lipinski definition) is 5. The van der Waals surface area contributed by atoms with Gasteiger partial charge in [0.25, 0.3) is 10.0 Å². The number of benzene rings is 1. The van der Waals surface area contributed by atoms with E-state index in [1.54, 1.807) is 36.4 Å². The van der Waals surface area contributed by atoms with Crippen LogP contribution in [-0.2, 0) is 10.0 Å². The number of aromatic nitrogens is 1. The van der Waals surface area contributed by atoms with Crippen molar-refractivity contribution >= 4 is 15.7 Å². The fourth-order valence-corrected chi connectivity index (χ4v) is 3.76. The van der Waals surface area contributed by atoms with Crippen molar-refractivity contribution in [1.29, 1.82) is 0 Å². The standard InChI is InChI=1S/C18H23N3O3S/c1-14-3-6-17(7-4-14)25(22,23)20-15-5-8-18(19-13-15)24-16-9-11-21(2)12-10-16/h3-8,13,16,20H,9-12H2,1-2H3. The van der Waals surface area contributed by atoms with E-state index in [2.05, 4.69) is 21.7 Å². The Kier molecular flexibility index (Phi) is 5.24. The van der Waals surface area contributed by atoms with Gasteiger partial charge < -0.3 is 9.64 Å². The number of pyridine rings is 1. The van der Waals surface area contributed by atoms with Crippen LogP contribution in [0, 0.1) is 6.92 Å². The molecular formula is C18H23N3O3S. The Bertz CT molecular complexity index is 796. The van der Waals surface area contributed by atoms with E-state index >= 15 is 0 Å². The second-order valence-electron chi connectivity index (χ2n) is 6.42. The third-order valence-electron chi connectivity index (χ3n) is 4.27. The van der Waals surface area contributed by atoms with E-state index in [9.17, 15) is 8.42 Å². The Labute approximate surface area is 148 Å². The van der Waals surface area contributed by atoms with Gasteiger partial charge in [-0.05, 0) is 45.0 Å². The Hall–Kier alpha value is -2.12. The van der Waals surface area contributed by atoms with Gasteiger partial charge in [0.05, 0.1) is 16.8 Å². The molecule has 134 valence electrons. The summed E-state index contributed by atoms with van der Waals surface area (Å²) < 4.78 is 33.2. The summed E-state index contributed by atoms with van der Waals surface area (Å²) in [6.45, 7) is 3.94. The normalized spacial score (nSPS) is 16.6. The topological polar surface area (TPSA) is 71.5 Å². The van der Waals surface area contributed by atoms with Gasteiger partial charge in [0.15, 0.2) is 0 Å². The Morgan fingerprint density at radius 1 is 1.12 bits per heavy atom. The zero-order valence-corrected chi connectivity index (χ0v) is 15.3. The van der Waals surface area contributed by atoms with Crippen molar-refractivity contribution in [3.63, 3.8) is 0 Å². The molecule has 0 radical (unpaired) electrons. The number of sulfonamides is 1. The van der Waals surface area contributed by atoms with Gasteiger partial charge in [-0.25, -0.2) is 13.4 Å². The zero-order valence-electron chi connectivity index (χ0n) is 14.5. The lowest BCUT2D eigenvalue weighted by atomic mass is 10.1. The SMILES string of the molecule is Cc1ccc(S(=O)(=O)Nc2ccc(OC3CCN(C)CC3)nc2)cc1. The number of nitrogens with one attached hydrogen (secondary N) is 1. The van der Waals surface area contributed by atoms with Crippen molar-refractivity contribution in [3.05, 3.63) is 48.2 Å². The van der Waals surface area contributed by atoms with Crippen molar-refractivity contribution < 1.29 is 13.2 Å². The summed E-state index contributed by atoms with van der Waals surface area (Å²) in [5.41, 5.74) is 1.42. The monoisotopic (exact) mass is 361 g/mol. The Morgan fingerprint density at radius 3 is 2.40 bits per heavy atom. The number of aryl methyl sites for hydroxylation is 1. The van der Waals surface area contributed by atoms with E-state index in [1.807, 2.05) is 6.92 Å². The van der Waals surface area contributed by atoms with Crippen LogP contribution in [0.4, 0.5) is 5.69 Å². The van der Waals surface area contributed by atoms with Gasteiger partial charge in [-0.15, -0.1) is 0 Å². The number of rotatable bonds is 5. The van der Waals surface area contributed by atoms with Crippen LogP contribution in [0.1, 0.15) is 18.4 Å². The molecule has 6 nitrogen and oxygen atoms in total. The van der Waals surface area contributed by atoms with Gasteiger partial charge >= 0.3 is 0 Å². The highest BCUT2D eigenvalue weighted by Crippen LogP contribution is 2.20. The molecule has 0 saturated carbocycles. The number of piperidine rings is 1. The van der Waals surface area contributed by atoms with Crippen LogP contribution in [0.25, 0.3) is 0 Å². The van der Waals surface area contributed by atoms with Crippen LogP contribution in [0.3, 0.4) is 0 Å². The van der Waals surface area contributed by atoms with Crippen LogP contribution >= 0.6 is 0 Å². The summed E-state index contributed by atoms with van der Waals surface area (Å²) in [6.07, 6.45) is 3.59. The lowest BCUT2D eigenvalue weighted by Crippen LogP contribution is -2.35. The molecule has 1 fully saturated rings. The lowest BCUT2D eigenvalue weighted by Gasteiger charge is -2.28. The zero-order chi connectivity index (χ0) is 17.9. The average Bonchev–Trinajstić information content (AvgIpc) is 2.59. The van der Waals surface area contributed by atoms with Gasteiger partial charge in [-0.2, -0.15) is 0 Å².